The summed E-state index contributed by atoms with van der Waals surface area (Å²) in [6, 6.07) is 13.8. The summed E-state index contributed by atoms with van der Waals surface area (Å²) in [5.74, 6) is 2.74. The van der Waals surface area contributed by atoms with Gasteiger partial charge >= 0.3 is 0 Å². The van der Waals surface area contributed by atoms with E-state index in [-0.39, 0.29) is 0 Å². The third-order valence-corrected chi connectivity index (χ3v) is 5.22. The normalized spacial score (nSPS) is 13.5. The molecule has 5 aromatic rings. The Kier molecular flexibility index (Phi) is 2.41. The zero-order valence-electron chi connectivity index (χ0n) is 14.4. The van der Waals surface area contributed by atoms with Crippen molar-refractivity contribution in [3.63, 3.8) is 0 Å². The molecule has 0 atom stereocenters. The van der Waals surface area contributed by atoms with Crippen molar-refractivity contribution in [2.45, 2.75) is 0 Å². The Bertz CT molecular complexity index is 1430. The Morgan fingerprint density at radius 1 is 0.750 bits per heavy atom. The van der Waals surface area contributed by atoms with Crippen molar-refractivity contribution in [3.05, 3.63) is 67.3 Å². The lowest BCUT2D eigenvalue weighted by Crippen LogP contribution is -2.20. The molecule has 6 heteroatoms. The molecular weight excluding hydrogens is 354 g/mol. The number of nitrogens with zero attached hydrogens (tertiary/aromatic N) is 3. The highest BCUT2D eigenvalue weighted by atomic mass is 16.5. The zero-order valence-corrected chi connectivity index (χ0v) is 14.4. The molecule has 0 amide bonds. The minimum Gasteiger partial charge on any atom is -0.456 e. The number of anilines is 3. The van der Waals surface area contributed by atoms with Crippen LogP contribution in [0.3, 0.4) is 0 Å². The van der Waals surface area contributed by atoms with Gasteiger partial charge in [0.2, 0.25) is 0 Å². The lowest BCUT2D eigenvalue weighted by atomic mass is 10.0. The van der Waals surface area contributed by atoms with Crippen molar-refractivity contribution in [2.24, 2.45) is 0 Å². The molecule has 28 heavy (non-hydrogen) atoms. The molecule has 0 unspecified atom stereocenters. The van der Waals surface area contributed by atoms with Gasteiger partial charge in [-0.1, -0.05) is 18.2 Å². The Balaban J connectivity index is 1.67. The number of fused-ring (bicyclic) bond motifs is 8. The van der Waals surface area contributed by atoms with Crippen LogP contribution in [-0.2, 0) is 0 Å². The zero-order chi connectivity index (χ0) is 18.2. The topological polar surface area (TPSA) is 60.6 Å². The van der Waals surface area contributed by atoms with Gasteiger partial charge in [-0.15, -0.1) is 0 Å². The van der Waals surface area contributed by atoms with Crippen LogP contribution in [0.5, 0.6) is 23.0 Å². The molecule has 0 bridgehead atoms. The van der Waals surface area contributed by atoms with Gasteiger partial charge in [0.15, 0.2) is 23.0 Å². The molecule has 0 spiro atoms. The van der Waals surface area contributed by atoms with Crippen molar-refractivity contribution < 1.29 is 13.9 Å². The Labute approximate surface area is 158 Å². The van der Waals surface area contributed by atoms with Gasteiger partial charge < -0.3 is 13.9 Å². The Morgan fingerprint density at radius 3 is 2.32 bits per heavy atom. The number of hydrogen-bond donors (Lipinski definition) is 0. The van der Waals surface area contributed by atoms with Gasteiger partial charge in [-0.25, -0.2) is 0 Å². The minimum absolute atomic E-state index is 0.671. The maximum absolute atomic E-state index is 6.36. The van der Waals surface area contributed by atoms with Crippen LogP contribution in [-0.4, -0.2) is 9.97 Å². The molecule has 2 aromatic carbocycles. The summed E-state index contributed by atoms with van der Waals surface area (Å²) in [4.78, 5) is 10.6. The highest BCUT2D eigenvalue weighted by Gasteiger charge is 2.37. The maximum Gasteiger partial charge on any atom is 0.169 e. The summed E-state index contributed by atoms with van der Waals surface area (Å²) in [5.41, 5.74) is 4.20. The van der Waals surface area contributed by atoms with E-state index in [1.807, 2.05) is 42.5 Å². The fraction of sp³-hybridized carbons (Fsp3) is 0. The number of aromatic nitrogens is 2. The Hall–Kier alpha value is -4.06. The second-order valence-electron chi connectivity index (χ2n) is 6.75. The second kappa shape index (κ2) is 4.80. The fourth-order valence-electron chi connectivity index (χ4n) is 4.08. The van der Waals surface area contributed by atoms with Gasteiger partial charge in [0.1, 0.15) is 16.9 Å². The van der Waals surface area contributed by atoms with Gasteiger partial charge in [0.05, 0.1) is 29.2 Å². The highest BCUT2D eigenvalue weighted by Crippen LogP contribution is 2.61. The van der Waals surface area contributed by atoms with Crippen LogP contribution in [0.25, 0.3) is 21.9 Å². The summed E-state index contributed by atoms with van der Waals surface area (Å²) in [6.45, 7) is 0. The van der Waals surface area contributed by atoms with E-state index in [1.165, 1.54) is 0 Å². The number of ether oxygens (including phenoxy) is 2. The van der Waals surface area contributed by atoms with Gasteiger partial charge in [-0.2, -0.15) is 0 Å². The average molecular weight is 365 g/mol. The van der Waals surface area contributed by atoms with Crippen LogP contribution >= 0.6 is 0 Å². The summed E-state index contributed by atoms with van der Waals surface area (Å²) >= 11 is 0. The van der Waals surface area contributed by atoms with E-state index < -0.39 is 0 Å². The average Bonchev–Trinajstić information content (AvgIpc) is 3.11. The van der Waals surface area contributed by atoms with Crippen molar-refractivity contribution >= 4 is 39.0 Å². The molecule has 0 aliphatic carbocycles. The second-order valence-corrected chi connectivity index (χ2v) is 6.75. The molecule has 0 fully saturated rings. The van der Waals surface area contributed by atoms with Crippen LogP contribution in [0.15, 0.2) is 71.7 Å². The van der Waals surface area contributed by atoms with Gasteiger partial charge in [-0.05, 0) is 18.2 Å². The quantitative estimate of drug-likeness (QED) is 0.326. The molecule has 132 valence electrons. The number of benzene rings is 2. The summed E-state index contributed by atoms with van der Waals surface area (Å²) < 4.78 is 18.6. The van der Waals surface area contributed by atoms with E-state index in [0.29, 0.717) is 23.0 Å². The molecule has 0 N–H and O–H groups in total. The minimum atomic E-state index is 0.671. The van der Waals surface area contributed by atoms with Crippen molar-refractivity contribution in [1.29, 1.82) is 0 Å². The van der Waals surface area contributed by atoms with E-state index in [2.05, 4.69) is 14.9 Å². The maximum atomic E-state index is 6.36. The van der Waals surface area contributed by atoms with E-state index >= 15 is 0 Å². The molecule has 2 aliphatic heterocycles. The van der Waals surface area contributed by atoms with Crippen LogP contribution in [0.2, 0.25) is 0 Å². The number of furan rings is 1. The first-order valence-corrected chi connectivity index (χ1v) is 8.90. The van der Waals surface area contributed by atoms with E-state index in [9.17, 15) is 0 Å². The highest BCUT2D eigenvalue weighted by molar-refractivity contribution is 6.14. The molecule has 0 saturated heterocycles. The predicted molar refractivity (Wildman–Crippen MR) is 104 cm³/mol. The number of para-hydroxylation sites is 1. The van der Waals surface area contributed by atoms with Crippen LogP contribution in [0.1, 0.15) is 0 Å². The summed E-state index contributed by atoms with van der Waals surface area (Å²) in [7, 11) is 0. The molecule has 3 aromatic heterocycles. The van der Waals surface area contributed by atoms with Crippen molar-refractivity contribution in [2.75, 3.05) is 4.90 Å². The monoisotopic (exact) mass is 365 g/mol. The summed E-state index contributed by atoms with van der Waals surface area (Å²) in [6.07, 6.45) is 6.97. The summed E-state index contributed by atoms with van der Waals surface area (Å²) in [5, 5.41) is 1.93. The first-order valence-electron chi connectivity index (χ1n) is 8.90. The van der Waals surface area contributed by atoms with Gasteiger partial charge in [0.25, 0.3) is 0 Å². The van der Waals surface area contributed by atoms with E-state index in [4.69, 9.17) is 13.9 Å². The molecular formula is C22H11N3O3. The first-order chi connectivity index (χ1) is 13.9. The molecule has 5 heterocycles. The predicted octanol–water partition coefficient (Wildman–Crippen LogP) is 6.06. The smallest absolute Gasteiger partial charge is 0.169 e. The third-order valence-electron chi connectivity index (χ3n) is 5.22. The molecule has 0 saturated carbocycles. The van der Waals surface area contributed by atoms with Crippen molar-refractivity contribution in [3.8, 4) is 23.0 Å². The van der Waals surface area contributed by atoms with Crippen LogP contribution in [0.4, 0.5) is 17.1 Å². The largest absolute Gasteiger partial charge is 0.456 e. The molecule has 0 radical (unpaired) electrons. The standard InChI is InChI=1S/C22H11N3O3/c1-2-4-15-12(3-1)20-16(26-15)9-17-21-22(20)28-19-11-24-8-6-14(19)25(21)13-5-7-23-10-18(13)27-17/h1-11H. The SMILES string of the molecule is c1ccc2c(c1)oc1cc3c4c(c12)Oc1cnccc1N4c1ccncc1O3. The number of rotatable bonds is 0. The number of hydrogen-bond acceptors (Lipinski definition) is 6. The fourth-order valence-corrected chi connectivity index (χ4v) is 4.08. The molecule has 7 rings (SSSR count). The molecule has 6 nitrogen and oxygen atoms in total. The lowest BCUT2D eigenvalue weighted by molar-refractivity contribution is 0.446. The van der Waals surface area contributed by atoms with Gasteiger partial charge in [-0.3, -0.25) is 14.9 Å². The Morgan fingerprint density at radius 2 is 1.50 bits per heavy atom. The van der Waals surface area contributed by atoms with E-state index in [1.54, 1.807) is 24.8 Å². The van der Waals surface area contributed by atoms with Crippen LogP contribution < -0.4 is 14.4 Å². The first kappa shape index (κ1) is 14.1. The van der Waals surface area contributed by atoms with Crippen molar-refractivity contribution in [1.82, 2.24) is 9.97 Å². The number of pyridine rings is 2. The molecule has 2 aliphatic rings. The third kappa shape index (κ3) is 1.63. The van der Waals surface area contributed by atoms with Gasteiger partial charge in [0, 0.05) is 23.8 Å². The van der Waals surface area contributed by atoms with E-state index in [0.717, 1.165) is 39.0 Å². The van der Waals surface area contributed by atoms with Crippen LogP contribution in [0, 0.1) is 0 Å². The lowest BCUT2D eigenvalue weighted by Gasteiger charge is -2.37.